The minimum atomic E-state index is -0.539. The van der Waals surface area contributed by atoms with E-state index in [1.165, 1.54) is 32.7 Å². The number of carbonyl (C=O) groups excluding carboxylic acids is 1. The first-order valence-electron chi connectivity index (χ1n) is 8.38. The highest BCUT2D eigenvalue weighted by molar-refractivity contribution is 7.13. The van der Waals surface area contributed by atoms with Crippen LogP contribution >= 0.6 is 11.3 Å². The predicted octanol–water partition coefficient (Wildman–Crippen LogP) is 4.27. The minimum Gasteiger partial charge on any atom is -0.493 e. The fraction of sp³-hybridized carbons (Fsp3) is 0.200. The number of hydrogen-bond acceptors (Lipinski definition) is 8. The van der Waals surface area contributed by atoms with Crippen LogP contribution in [0.5, 0.6) is 17.2 Å². The molecule has 0 unspecified atom stereocenters. The van der Waals surface area contributed by atoms with Gasteiger partial charge in [0.2, 0.25) is 5.75 Å². The Morgan fingerprint density at radius 3 is 2.43 bits per heavy atom. The lowest BCUT2D eigenvalue weighted by Gasteiger charge is -2.14. The summed E-state index contributed by atoms with van der Waals surface area (Å²) < 4.78 is 21.2. The van der Waals surface area contributed by atoms with Gasteiger partial charge in [-0.05, 0) is 24.3 Å². The second-order valence-corrected chi connectivity index (χ2v) is 6.45. The van der Waals surface area contributed by atoms with Gasteiger partial charge in [0.15, 0.2) is 16.6 Å². The third-order valence-electron chi connectivity index (χ3n) is 3.85. The molecule has 0 radical (unpaired) electrons. The maximum Gasteiger partial charge on any atom is 0.342 e. The Labute approximate surface area is 166 Å². The molecule has 0 saturated heterocycles. The van der Waals surface area contributed by atoms with Gasteiger partial charge in [-0.1, -0.05) is 18.2 Å². The minimum absolute atomic E-state index is 0.0449. The molecular formula is C20H20N2O5S. The summed E-state index contributed by atoms with van der Waals surface area (Å²) in [6.07, 6.45) is 0. The van der Waals surface area contributed by atoms with Crippen LogP contribution in [0.3, 0.4) is 0 Å². The van der Waals surface area contributed by atoms with E-state index in [1.807, 2.05) is 35.7 Å². The molecule has 1 heterocycles. The molecule has 3 rings (SSSR count). The zero-order chi connectivity index (χ0) is 19.9. The normalized spacial score (nSPS) is 10.2. The standard InChI is InChI=1S/C20H20N2O5S/c1-24-16-10-9-15(17(25-2)18(16)26-3)19(23)27-11-14-12-28-20(22-14)21-13-7-5-4-6-8-13/h4-10,12H,11H2,1-3H3,(H,21,22). The van der Waals surface area contributed by atoms with Gasteiger partial charge in [-0.3, -0.25) is 0 Å². The molecule has 0 bridgehead atoms. The van der Waals surface area contributed by atoms with Crippen molar-refractivity contribution in [2.75, 3.05) is 26.6 Å². The summed E-state index contributed by atoms with van der Waals surface area (Å²) in [4.78, 5) is 17.0. The quantitative estimate of drug-likeness (QED) is 0.566. The third-order valence-corrected chi connectivity index (χ3v) is 4.66. The van der Waals surface area contributed by atoms with Gasteiger partial charge >= 0.3 is 5.97 Å². The van der Waals surface area contributed by atoms with Crippen LogP contribution in [0.25, 0.3) is 0 Å². The Bertz CT molecular complexity index is 943. The number of para-hydroxylation sites is 1. The first-order chi connectivity index (χ1) is 13.7. The number of hydrogen-bond donors (Lipinski definition) is 1. The summed E-state index contributed by atoms with van der Waals surface area (Å²) in [7, 11) is 4.45. The molecule has 2 aromatic carbocycles. The van der Waals surface area contributed by atoms with E-state index in [9.17, 15) is 4.79 Å². The van der Waals surface area contributed by atoms with E-state index in [1.54, 1.807) is 12.1 Å². The molecular weight excluding hydrogens is 380 g/mol. The van der Waals surface area contributed by atoms with E-state index in [2.05, 4.69) is 10.3 Å². The molecule has 0 fully saturated rings. The van der Waals surface area contributed by atoms with Gasteiger partial charge in [0.1, 0.15) is 12.2 Å². The molecule has 0 amide bonds. The summed E-state index contributed by atoms with van der Waals surface area (Å²) in [6, 6.07) is 12.9. The van der Waals surface area contributed by atoms with Gasteiger partial charge < -0.3 is 24.3 Å². The van der Waals surface area contributed by atoms with E-state index in [0.29, 0.717) is 17.2 Å². The second-order valence-electron chi connectivity index (χ2n) is 5.59. The zero-order valence-electron chi connectivity index (χ0n) is 15.7. The van der Waals surface area contributed by atoms with Crippen molar-refractivity contribution in [2.24, 2.45) is 0 Å². The second kappa shape index (κ2) is 9.09. The van der Waals surface area contributed by atoms with Crippen molar-refractivity contribution in [1.82, 2.24) is 4.98 Å². The van der Waals surface area contributed by atoms with E-state index in [-0.39, 0.29) is 17.9 Å². The van der Waals surface area contributed by atoms with Gasteiger partial charge in [0.05, 0.1) is 27.0 Å². The number of benzene rings is 2. The Balaban J connectivity index is 1.68. The summed E-state index contributed by atoms with van der Waals surface area (Å²) >= 11 is 1.44. The van der Waals surface area contributed by atoms with E-state index >= 15 is 0 Å². The van der Waals surface area contributed by atoms with Crippen LogP contribution in [0.4, 0.5) is 10.8 Å². The molecule has 7 nitrogen and oxygen atoms in total. The van der Waals surface area contributed by atoms with Crippen LogP contribution < -0.4 is 19.5 Å². The van der Waals surface area contributed by atoms with Crippen LogP contribution in [-0.2, 0) is 11.3 Å². The molecule has 3 aromatic rings. The number of nitrogens with one attached hydrogen (secondary N) is 1. The molecule has 1 N–H and O–H groups in total. The SMILES string of the molecule is COc1ccc(C(=O)OCc2csc(Nc3ccccc3)n2)c(OC)c1OC. The molecule has 146 valence electrons. The third kappa shape index (κ3) is 4.34. The number of nitrogens with zero attached hydrogens (tertiary/aromatic N) is 1. The molecule has 1 aromatic heterocycles. The fourth-order valence-corrected chi connectivity index (χ4v) is 3.27. The summed E-state index contributed by atoms with van der Waals surface area (Å²) in [6.45, 7) is 0.0449. The average Bonchev–Trinajstić information content (AvgIpc) is 3.18. The maximum atomic E-state index is 12.5. The molecule has 28 heavy (non-hydrogen) atoms. The first-order valence-corrected chi connectivity index (χ1v) is 9.26. The summed E-state index contributed by atoms with van der Waals surface area (Å²) in [5.74, 6) is 0.523. The Kier molecular flexibility index (Phi) is 6.33. The predicted molar refractivity (Wildman–Crippen MR) is 107 cm³/mol. The van der Waals surface area contributed by atoms with Gasteiger partial charge in [-0.25, -0.2) is 9.78 Å². The monoisotopic (exact) mass is 400 g/mol. The topological polar surface area (TPSA) is 78.9 Å². The van der Waals surface area contributed by atoms with Gasteiger partial charge in [0, 0.05) is 11.1 Å². The van der Waals surface area contributed by atoms with Crippen LogP contribution in [0.1, 0.15) is 16.1 Å². The van der Waals surface area contributed by atoms with Gasteiger partial charge in [-0.15, -0.1) is 11.3 Å². The lowest BCUT2D eigenvalue weighted by Crippen LogP contribution is -2.09. The zero-order valence-corrected chi connectivity index (χ0v) is 16.5. The summed E-state index contributed by atoms with van der Waals surface area (Å²) in [5, 5.41) is 5.77. The number of aromatic nitrogens is 1. The van der Waals surface area contributed by atoms with Crippen molar-refractivity contribution in [3.05, 3.63) is 59.1 Å². The first kappa shape index (κ1) is 19.5. The lowest BCUT2D eigenvalue weighted by atomic mass is 10.1. The molecule has 0 aliphatic carbocycles. The van der Waals surface area contributed by atoms with Gasteiger partial charge in [-0.2, -0.15) is 0 Å². The maximum absolute atomic E-state index is 12.5. The molecule has 8 heteroatoms. The number of methoxy groups -OCH3 is 3. The number of ether oxygens (including phenoxy) is 4. The highest BCUT2D eigenvalue weighted by atomic mass is 32.1. The van der Waals surface area contributed by atoms with Crippen LogP contribution in [0, 0.1) is 0 Å². The number of thiazole rings is 1. The van der Waals surface area contributed by atoms with E-state index < -0.39 is 5.97 Å². The van der Waals surface area contributed by atoms with Gasteiger partial charge in [0.25, 0.3) is 0 Å². The largest absolute Gasteiger partial charge is 0.493 e. The van der Waals surface area contributed by atoms with Crippen LogP contribution in [0.15, 0.2) is 47.8 Å². The number of esters is 1. The van der Waals surface area contributed by atoms with Crippen molar-refractivity contribution < 1.29 is 23.7 Å². The number of anilines is 2. The Morgan fingerprint density at radius 1 is 1.00 bits per heavy atom. The number of rotatable bonds is 8. The van der Waals surface area contributed by atoms with Crippen LogP contribution in [0.2, 0.25) is 0 Å². The fourth-order valence-electron chi connectivity index (χ4n) is 2.55. The van der Waals surface area contributed by atoms with Crippen molar-refractivity contribution in [3.63, 3.8) is 0 Å². The van der Waals surface area contributed by atoms with E-state index in [0.717, 1.165) is 10.8 Å². The molecule has 0 atom stereocenters. The number of carbonyl (C=O) groups is 1. The molecule has 0 spiro atoms. The van der Waals surface area contributed by atoms with Crippen LogP contribution in [-0.4, -0.2) is 32.3 Å². The summed E-state index contributed by atoms with van der Waals surface area (Å²) in [5.41, 5.74) is 1.84. The molecule has 0 aliphatic rings. The average molecular weight is 400 g/mol. The smallest absolute Gasteiger partial charge is 0.342 e. The van der Waals surface area contributed by atoms with E-state index in [4.69, 9.17) is 18.9 Å². The Morgan fingerprint density at radius 2 is 1.75 bits per heavy atom. The lowest BCUT2D eigenvalue weighted by molar-refractivity contribution is 0.0464. The van der Waals surface area contributed by atoms with Crippen molar-refractivity contribution in [1.29, 1.82) is 0 Å². The Hall–Kier alpha value is -3.26. The molecule has 0 saturated carbocycles. The highest BCUT2D eigenvalue weighted by Gasteiger charge is 2.22. The van der Waals surface area contributed by atoms with Crippen molar-refractivity contribution in [3.8, 4) is 17.2 Å². The molecule has 0 aliphatic heterocycles. The van der Waals surface area contributed by atoms with Crippen molar-refractivity contribution >= 4 is 28.1 Å². The highest BCUT2D eigenvalue weighted by Crippen LogP contribution is 2.40. The van der Waals surface area contributed by atoms with Crippen molar-refractivity contribution in [2.45, 2.75) is 6.61 Å².